The van der Waals surface area contributed by atoms with Crippen LogP contribution >= 0.6 is 0 Å². The van der Waals surface area contributed by atoms with Crippen LogP contribution in [0, 0.1) is 5.92 Å². The van der Waals surface area contributed by atoms with Gasteiger partial charge in [-0.05, 0) is 51.0 Å². The number of hydrogen-bond donors (Lipinski definition) is 1. The van der Waals surface area contributed by atoms with Crippen molar-refractivity contribution in [2.24, 2.45) is 10.9 Å². The first-order chi connectivity index (χ1) is 17.2. The minimum absolute atomic E-state index is 0.0706. The number of nitrogens with zero attached hydrogens (tertiary/aromatic N) is 2. The number of phenols is 1. The Hall–Kier alpha value is -3.29. The lowest BCUT2D eigenvalue weighted by Crippen LogP contribution is -2.46. The molecule has 1 N–H and O–H groups in total. The molecule has 2 aliphatic rings. The number of carbonyl (C=O) groups excluding carboxylic acids is 2. The maximum atomic E-state index is 13.6. The number of aliphatic imine (C=N–C) groups is 1. The van der Waals surface area contributed by atoms with E-state index in [2.05, 4.69) is 4.90 Å². The molecule has 190 valence electrons. The van der Waals surface area contributed by atoms with Crippen molar-refractivity contribution in [1.82, 2.24) is 4.90 Å². The zero-order valence-electron chi connectivity index (χ0n) is 21.4. The fourth-order valence-corrected chi connectivity index (χ4v) is 4.80. The van der Waals surface area contributed by atoms with Crippen molar-refractivity contribution >= 4 is 17.5 Å². The molecule has 7 nitrogen and oxygen atoms in total. The molecule has 36 heavy (non-hydrogen) atoms. The first-order valence-electron chi connectivity index (χ1n) is 12.4. The third-order valence-corrected chi connectivity index (χ3v) is 6.31. The molecule has 0 amide bonds. The van der Waals surface area contributed by atoms with Crippen LogP contribution in [0.5, 0.6) is 5.75 Å². The summed E-state index contributed by atoms with van der Waals surface area (Å²) in [6.45, 7) is 9.24. The van der Waals surface area contributed by atoms with Crippen molar-refractivity contribution < 1.29 is 24.2 Å². The molecule has 0 radical (unpaired) electrons. The van der Waals surface area contributed by atoms with E-state index >= 15 is 0 Å². The number of ether oxygens (including phenoxy) is 2. The number of rotatable bonds is 7. The summed E-state index contributed by atoms with van der Waals surface area (Å²) in [6, 6.07) is 16.7. The molecule has 0 aliphatic carbocycles. The van der Waals surface area contributed by atoms with Crippen LogP contribution in [-0.4, -0.2) is 59.4 Å². The van der Waals surface area contributed by atoms with Crippen LogP contribution < -0.4 is 0 Å². The molecule has 4 rings (SSSR count). The van der Waals surface area contributed by atoms with Crippen molar-refractivity contribution in [2.45, 2.75) is 45.8 Å². The molecule has 0 saturated heterocycles. The van der Waals surface area contributed by atoms with E-state index in [-0.39, 0.29) is 31.3 Å². The standard InChI is InChI=1S/C29H34N2O5/c1-5-35-28(34)27-23(18-36-29(2,3)4)30-22-16-31(15-19-10-7-6-8-11-19)17-24(33)26(22)25(27)20-12-9-13-21(32)14-20/h6-14,25,27,32H,5,15-18H2,1-4H3. The van der Waals surface area contributed by atoms with Crippen LogP contribution in [0.1, 0.15) is 44.7 Å². The van der Waals surface area contributed by atoms with Crippen LogP contribution in [0.3, 0.4) is 0 Å². The molecule has 2 unspecified atom stereocenters. The Kier molecular flexibility index (Phi) is 7.71. The lowest BCUT2D eigenvalue weighted by Gasteiger charge is -2.38. The largest absolute Gasteiger partial charge is 0.508 e. The van der Waals surface area contributed by atoms with Crippen LogP contribution in [0.25, 0.3) is 0 Å². The zero-order chi connectivity index (χ0) is 25.9. The van der Waals surface area contributed by atoms with Gasteiger partial charge < -0.3 is 14.6 Å². The summed E-state index contributed by atoms with van der Waals surface area (Å²) in [4.78, 5) is 33.9. The third-order valence-electron chi connectivity index (χ3n) is 6.31. The number of esters is 1. The van der Waals surface area contributed by atoms with Gasteiger partial charge in [0.25, 0.3) is 0 Å². The number of carbonyl (C=O) groups is 2. The van der Waals surface area contributed by atoms with Crippen molar-refractivity contribution in [2.75, 3.05) is 26.3 Å². The molecule has 2 aromatic carbocycles. The molecule has 2 aliphatic heterocycles. The first kappa shape index (κ1) is 25.8. The summed E-state index contributed by atoms with van der Waals surface area (Å²) >= 11 is 0. The van der Waals surface area contributed by atoms with Gasteiger partial charge in [0.05, 0.1) is 36.8 Å². The molecular formula is C29H34N2O5. The highest BCUT2D eigenvalue weighted by atomic mass is 16.5. The van der Waals surface area contributed by atoms with Crippen molar-refractivity contribution in [1.29, 1.82) is 0 Å². The Morgan fingerprint density at radius 1 is 1.11 bits per heavy atom. The number of benzene rings is 2. The Balaban J connectivity index is 1.79. The number of phenolic OH excluding ortho intramolecular Hbond substituents is 1. The topological polar surface area (TPSA) is 88.4 Å². The highest BCUT2D eigenvalue weighted by molar-refractivity contribution is 6.10. The molecule has 2 aromatic rings. The summed E-state index contributed by atoms with van der Waals surface area (Å²) in [7, 11) is 0. The van der Waals surface area contributed by atoms with Crippen molar-refractivity contribution in [3.05, 3.63) is 77.0 Å². The predicted octanol–water partition coefficient (Wildman–Crippen LogP) is 4.26. The number of ketones is 1. The molecule has 2 atom stereocenters. The van der Waals surface area contributed by atoms with Gasteiger partial charge in [-0.2, -0.15) is 0 Å². The van der Waals surface area contributed by atoms with E-state index < -0.39 is 23.4 Å². The molecule has 2 heterocycles. The molecule has 0 saturated carbocycles. The van der Waals surface area contributed by atoms with Gasteiger partial charge >= 0.3 is 5.97 Å². The van der Waals surface area contributed by atoms with Gasteiger partial charge in [0.1, 0.15) is 11.7 Å². The highest BCUT2D eigenvalue weighted by Crippen LogP contribution is 2.42. The summed E-state index contributed by atoms with van der Waals surface area (Å²) < 4.78 is 11.5. The second kappa shape index (κ2) is 10.8. The average molecular weight is 491 g/mol. The molecule has 7 heteroatoms. The molecule has 0 fully saturated rings. The monoisotopic (exact) mass is 490 g/mol. The quantitative estimate of drug-likeness (QED) is 0.584. The highest BCUT2D eigenvalue weighted by Gasteiger charge is 2.45. The summed E-state index contributed by atoms with van der Waals surface area (Å²) in [6.07, 6.45) is 0. The van der Waals surface area contributed by atoms with Crippen LogP contribution in [0.4, 0.5) is 0 Å². The Labute approximate surface area is 212 Å². The van der Waals surface area contributed by atoms with E-state index in [1.54, 1.807) is 25.1 Å². The van der Waals surface area contributed by atoms with Gasteiger partial charge in [-0.3, -0.25) is 19.5 Å². The van der Waals surface area contributed by atoms with Crippen molar-refractivity contribution in [3.63, 3.8) is 0 Å². The van der Waals surface area contributed by atoms with Crippen molar-refractivity contribution in [3.8, 4) is 5.75 Å². The normalized spacial score (nSPS) is 20.7. The number of Topliss-reactive ketones (excluding diaryl/α,β-unsaturated/α-hetero) is 1. The lowest BCUT2D eigenvalue weighted by molar-refractivity contribution is -0.146. The summed E-state index contributed by atoms with van der Waals surface area (Å²) in [5.41, 5.74) is 3.03. The maximum Gasteiger partial charge on any atom is 0.315 e. The van der Waals surface area contributed by atoms with E-state index in [1.165, 1.54) is 0 Å². The Morgan fingerprint density at radius 2 is 1.86 bits per heavy atom. The SMILES string of the molecule is CCOC(=O)C1C(COC(C)(C)C)=NC2=C(C(=O)CN(Cc3ccccc3)C2)C1c1cccc(O)c1. The Bertz CT molecular complexity index is 1180. The van der Waals surface area contributed by atoms with E-state index in [0.29, 0.717) is 35.6 Å². The number of hydrogen-bond acceptors (Lipinski definition) is 7. The van der Waals surface area contributed by atoms with E-state index in [4.69, 9.17) is 14.5 Å². The fraction of sp³-hybridized carbons (Fsp3) is 0.414. The van der Waals surface area contributed by atoms with Gasteiger partial charge in [0.2, 0.25) is 0 Å². The smallest absolute Gasteiger partial charge is 0.315 e. The fourth-order valence-electron chi connectivity index (χ4n) is 4.80. The minimum atomic E-state index is -0.822. The summed E-state index contributed by atoms with van der Waals surface area (Å²) in [5.74, 6) is -1.89. The third kappa shape index (κ3) is 5.91. The van der Waals surface area contributed by atoms with E-state index in [9.17, 15) is 14.7 Å². The van der Waals surface area contributed by atoms with Crippen LogP contribution in [-0.2, 0) is 25.6 Å². The first-order valence-corrected chi connectivity index (χ1v) is 12.4. The number of aromatic hydroxyl groups is 1. The lowest BCUT2D eigenvalue weighted by atomic mass is 9.73. The molecular weight excluding hydrogens is 456 g/mol. The predicted molar refractivity (Wildman–Crippen MR) is 138 cm³/mol. The second-order valence-corrected chi connectivity index (χ2v) is 10.2. The van der Waals surface area contributed by atoms with Gasteiger partial charge in [-0.25, -0.2) is 0 Å². The summed E-state index contributed by atoms with van der Waals surface area (Å²) in [5, 5.41) is 10.2. The van der Waals surface area contributed by atoms with Gasteiger partial charge in [-0.1, -0.05) is 42.5 Å². The second-order valence-electron chi connectivity index (χ2n) is 10.2. The Morgan fingerprint density at radius 3 is 2.53 bits per heavy atom. The molecule has 0 spiro atoms. The average Bonchev–Trinajstić information content (AvgIpc) is 2.82. The maximum absolute atomic E-state index is 13.6. The van der Waals surface area contributed by atoms with Crippen LogP contribution in [0.15, 0.2) is 70.9 Å². The van der Waals surface area contributed by atoms with Gasteiger partial charge in [0, 0.05) is 24.6 Å². The zero-order valence-corrected chi connectivity index (χ0v) is 21.4. The van der Waals surface area contributed by atoms with E-state index in [0.717, 1.165) is 5.56 Å². The van der Waals surface area contributed by atoms with E-state index in [1.807, 2.05) is 57.2 Å². The minimum Gasteiger partial charge on any atom is -0.508 e. The molecule has 0 aromatic heterocycles. The van der Waals surface area contributed by atoms with Gasteiger partial charge in [-0.15, -0.1) is 0 Å². The molecule has 0 bridgehead atoms. The van der Waals surface area contributed by atoms with Crippen LogP contribution in [0.2, 0.25) is 0 Å². The van der Waals surface area contributed by atoms with Gasteiger partial charge in [0.15, 0.2) is 5.78 Å².